The first kappa shape index (κ1) is 13.0. The van der Waals surface area contributed by atoms with Gasteiger partial charge in [-0.3, -0.25) is 4.79 Å². The number of rotatable bonds is 3. The number of hydrogen-bond donors (Lipinski definition) is 1. The fraction of sp³-hybridized carbons (Fsp3) is 0.417. The van der Waals surface area contributed by atoms with Gasteiger partial charge in [-0.15, -0.1) is 0 Å². The van der Waals surface area contributed by atoms with Crippen LogP contribution in [0.25, 0.3) is 0 Å². The van der Waals surface area contributed by atoms with Crippen LogP contribution in [-0.4, -0.2) is 31.7 Å². The Balaban J connectivity index is 2.23. The summed E-state index contributed by atoms with van der Waals surface area (Å²) in [6.07, 6.45) is 1.33. The molecule has 6 heteroatoms. The van der Waals surface area contributed by atoms with Gasteiger partial charge in [0.2, 0.25) is 15.9 Å². The first-order valence-corrected chi connectivity index (χ1v) is 7.30. The Morgan fingerprint density at radius 2 is 1.94 bits per heavy atom. The minimum Gasteiger partial charge on any atom is -0.369 e. The van der Waals surface area contributed by atoms with E-state index >= 15 is 0 Å². The molecule has 0 radical (unpaired) electrons. The summed E-state index contributed by atoms with van der Waals surface area (Å²) >= 11 is 0. The predicted octanol–water partition coefficient (Wildman–Crippen LogP) is 0.573. The van der Waals surface area contributed by atoms with Crippen molar-refractivity contribution >= 4 is 15.9 Å². The molecular formula is C12H16N2O3S. The van der Waals surface area contributed by atoms with Crippen molar-refractivity contribution in [3.63, 3.8) is 0 Å². The molecule has 5 nitrogen and oxygen atoms in total. The predicted molar refractivity (Wildman–Crippen MR) is 67.1 cm³/mol. The second-order valence-electron chi connectivity index (χ2n) is 4.42. The maximum absolute atomic E-state index is 12.3. The Morgan fingerprint density at radius 3 is 2.56 bits per heavy atom. The minimum absolute atomic E-state index is 0.187. The van der Waals surface area contributed by atoms with Crippen molar-refractivity contribution in [1.29, 1.82) is 0 Å². The van der Waals surface area contributed by atoms with E-state index in [2.05, 4.69) is 0 Å². The molecule has 98 valence electrons. The normalized spacial score (nSPS) is 21.7. The van der Waals surface area contributed by atoms with Crippen LogP contribution in [0.1, 0.15) is 12.8 Å². The highest BCUT2D eigenvalue weighted by atomic mass is 32.2. The molecule has 1 saturated heterocycles. The molecule has 1 aliphatic rings. The van der Waals surface area contributed by atoms with Crippen molar-refractivity contribution in [3.05, 3.63) is 30.3 Å². The number of benzene rings is 1. The molecule has 0 bridgehead atoms. The Hall–Kier alpha value is -1.40. The van der Waals surface area contributed by atoms with Crippen LogP contribution in [0.3, 0.4) is 0 Å². The van der Waals surface area contributed by atoms with Crippen molar-refractivity contribution in [3.8, 4) is 0 Å². The van der Waals surface area contributed by atoms with E-state index in [-0.39, 0.29) is 17.4 Å². The maximum Gasteiger partial charge on any atom is 0.243 e. The van der Waals surface area contributed by atoms with Crippen LogP contribution in [0, 0.1) is 5.92 Å². The average molecular weight is 268 g/mol. The molecule has 2 N–H and O–H groups in total. The van der Waals surface area contributed by atoms with Gasteiger partial charge < -0.3 is 5.73 Å². The van der Waals surface area contributed by atoms with Gasteiger partial charge in [0, 0.05) is 13.1 Å². The van der Waals surface area contributed by atoms with Crippen molar-refractivity contribution in [2.24, 2.45) is 11.7 Å². The molecule has 0 aromatic heterocycles. The molecule has 18 heavy (non-hydrogen) atoms. The second-order valence-corrected chi connectivity index (χ2v) is 6.36. The van der Waals surface area contributed by atoms with E-state index in [1.54, 1.807) is 30.3 Å². The summed E-state index contributed by atoms with van der Waals surface area (Å²) in [6.45, 7) is 0.633. The number of amides is 1. The zero-order chi connectivity index (χ0) is 13.2. The van der Waals surface area contributed by atoms with Gasteiger partial charge in [-0.1, -0.05) is 18.2 Å². The number of carbonyl (C=O) groups excluding carboxylic acids is 1. The third-order valence-corrected chi connectivity index (χ3v) is 5.05. The molecule has 1 amide bonds. The van der Waals surface area contributed by atoms with Gasteiger partial charge in [-0.05, 0) is 25.0 Å². The van der Waals surface area contributed by atoms with Crippen LogP contribution in [0.4, 0.5) is 0 Å². The van der Waals surface area contributed by atoms with Gasteiger partial charge in [-0.25, -0.2) is 8.42 Å². The van der Waals surface area contributed by atoms with E-state index < -0.39 is 15.9 Å². The van der Waals surface area contributed by atoms with E-state index in [4.69, 9.17) is 5.73 Å². The number of nitrogens with two attached hydrogens (primary N) is 1. The van der Waals surface area contributed by atoms with E-state index in [0.717, 1.165) is 0 Å². The monoisotopic (exact) mass is 268 g/mol. The molecule has 1 aliphatic heterocycles. The maximum atomic E-state index is 12.3. The molecule has 1 heterocycles. The van der Waals surface area contributed by atoms with Gasteiger partial charge in [0.1, 0.15) is 0 Å². The smallest absolute Gasteiger partial charge is 0.243 e. The van der Waals surface area contributed by atoms with Crippen molar-refractivity contribution < 1.29 is 13.2 Å². The molecule has 1 fully saturated rings. The molecule has 1 aromatic carbocycles. The lowest BCUT2D eigenvalue weighted by molar-refractivity contribution is -0.122. The molecule has 0 aliphatic carbocycles. The highest BCUT2D eigenvalue weighted by Crippen LogP contribution is 2.23. The van der Waals surface area contributed by atoms with Crippen LogP contribution < -0.4 is 5.73 Å². The van der Waals surface area contributed by atoms with Crippen LogP contribution >= 0.6 is 0 Å². The zero-order valence-electron chi connectivity index (χ0n) is 9.95. The van der Waals surface area contributed by atoms with E-state index in [9.17, 15) is 13.2 Å². The summed E-state index contributed by atoms with van der Waals surface area (Å²) < 4.78 is 26.0. The SMILES string of the molecule is NC(=O)[C@H]1CCCN(S(=O)(=O)c2ccccc2)C1. The number of sulfonamides is 1. The summed E-state index contributed by atoms with van der Waals surface area (Å²) in [5.74, 6) is -0.805. The van der Waals surface area contributed by atoms with Gasteiger partial charge in [0.05, 0.1) is 10.8 Å². The number of carbonyl (C=O) groups is 1. The molecule has 0 unspecified atom stereocenters. The molecule has 1 atom stereocenters. The van der Waals surface area contributed by atoms with Crippen LogP contribution in [0.5, 0.6) is 0 Å². The van der Waals surface area contributed by atoms with Crippen molar-refractivity contribution in [1.82, 2.24) is 4.31 Å². The summed E-state index contributed by atoms with van der Waals surface area (Å²) in [5.41, 5.74) is 5.25. The second kappa shape index (κ2) is 5.07. The van der Waals surface area contributed by atoms with Crippen molar-refractivity contribution in [2.45, 2.75) is 17.7 Å². The largest absolute Gasteiger partial charge is 0.369 e. The lowest BCUT2D eigenvalue weighted by atomic mass is 9.99. The van der Waals surface area contributed by atoms with Gasteiger partial charge in [-0.2, -0.15) is 4.31 Å². The Kier molecular flexibility index (Phi) is 3.68. The topological polar surface area (TPSA) is 80.5 Å². The summed E-state index contributed by atoms with van der Waals surface area (Å²) in [4.78, 5) is 11.4. The number of primary amides is 1. The van der Waals surface area contributed by atoms with E-state index in [0.29, 0.717) is 19.4 Å². The Morgan fingerprint density at radius 1 is 1.28 bits per heavy atom. The Bertz CT molecular complexity index is 528. The summed E-state index contributed by atoms with van der Waals surface area (Å²) in [7, 11) is -3.50. The number of piperidine rings is 1. The van der Waals surface area contributed by atoms with E-state index in [1.807, 2.05) is 0 Å². The molecular weight excluding hydrogens is 252 g/mol. The lowest BCUT2D eigenvalue weighted by Gasteiger charge is -2.30. The highest BCUT2D eigenvalue weighted by molar-refractivity contribution is 7.89. The third kappa shape index (κ3) is 2.54. The summed E-state index contributed by atoms with van der Waals surface area (Å²) in [5, 5.41) is 0. The zero-order valence-corrected chi connectivity index (χ0v) is 10.8. The minimum atomic E-state index is -3.50. The number of hydrogen-bond acceptors (Lipinski definition) is 3. The lowest BCUT2D eigenvalue weighted by Crippen LogP contribution is -2.43. The van der Waals surface area contributed by atoms with Crippen molar-refractivity contribution in [2.75, 3.05) is 13.1 Å². The first-order valence-electron chi connectivity index (χ1n) is 5.86. The van der Waals surface area contributed by atoms with Gasteiger partial charge in [0.25, 0.3) is 0 Å². The highest BCUT2D eigenvalue weighted by Gasteiger charge is 2.32. The fourth-order valence-corrected chi connectivity index (χ4v) is 3.68. The van der Waals surface area contributed by atoms with Gasteiger partial charge in [0.15, 0.2) is 0 Å². The molecule has 0 spiro atoms. The third-order valence-electron chi connectivity index (χ3n) is 3.17. The molecule has 0 saturated carbocycles. The summed E-state index contributed by atoms with van der Waals surface area (Å²) in [6, 6.07) is 8.25. The number of nitrogens with zero attached hydrogens (tertiary/aromatic N) is 1. The first-order chi connectivity index (χ1) is 8.51. The molecule has 2 rings (SSSR count). The van der Waals surface area contributed by atoms with E-state index in [1.165, 1.54) is 4.31 Å². The van der Waals surface area contributed by atoms with Gasteiger partial charge >= 0.3 is 0 Å². The quantitative estimate of drug-likeness (QED) is 0.870. The fourth-order valence-electron chi connectivity index (χ4n) is 2.13. The average Bonchev–Trinajstić information content (AvgIpc) is 2.40. The standard InChI is InChI=1S/C12H16N2O3S/c13-12(15)10-5-4-8-14(9-10)18(16,17)11-6-2-1-3-7-11/h1-3,6-7,10H,4-5,8-9H2,(H2,13,15)/t10-/m0/s1. The molecule has 1 aromatic rings. The van der Waals surface area contributed by atoms with Crippen LogP contribution in [0.15, 0.2) is 35.2 Å². The Labute approximate surface area is 107 Å². The van der Waals surface area contributed by atoms with Crippen LogP contribution in [-0.2, 0) is 14.8 Å². The van der Waals surface area contributed by atoms with Crippen LogP contribution in [0.2, 0.25) is 0 Å².